The first-order valence-corrected chi connectivity index (χ1v) is 5.74. The van der Waals surface area contributed by atoms with Gasteiger partial charge in [0.05, 0.1) is 18.8 Å². The maximum absolute atomic E-state index is 11.9. The molecule has 1 heterocycles. The van der Waals surface area contributed by atoms with Crippen LogP contribution < -0.4 is 10.6 Å². The van der Waals surface area contributed by atoms with Crippen LogP contribution in [0, 0.1) is 13.8 Å². The van der Waals surface area contributed by atoms with Crippen molar-refractivity contribution in [3.05, 3.63) is 17.0 Å². The van der Waals surface area contributed by atoms with Gasteiger partial charge in [-0.05, 0) is 13.8 Å². The number of nitrogens with one attached hydrogen (secondary N) is 2. The van der Waals surface area contributed by atoms with Gasteiger partial charge in [-0.2, -0.15) is 18.3 Å². The second kappa shape index (κ2) is 6.05. The minimum atomic E-state index is -4.31. The summed E-state index contributed by atoms with van der Waals surface area (Å²) in [6.07, 6.45) is -4.31. The lowest BCUT2D eigenvalue weighted by Crippen LogP contribution is -2.38. The Labute approximate surface area is 109 Å². The summed E-state index contributed by atoms with van der Waals surface area (Å²) in [5.41, 5.74) is 2.59. The van der Waals surface area contributed by atoms with Gasteiger partial charge in [-0.25, -0.2) is 0 Å². The molecule has 0 bridgehead atoms. The molecular weight excluding hydrogens is 261 g/mol. The van der Waals surface area contributed by atoms with Crippen molar-refractivity contribution in [2.24, 2.45) is 7.05 Å². The van der Waals surface area contributed by atoms with E-state index in [0.717, 1.165) is 17.0 Å². The average molecular weight is 278 g/mol. The summed E-state index contributed by atoms with van der Waals surface area (Å²) in [4.78, 5) is 11.4. The largest absolute Gasteiger partial charge is 0.401 e. The predicted molar refractivity (Wildman–Crippen MR) is 63.5 cm³/mol. The minimum Gasteiger partial charge on any atom is -0.351 e. The van der Waals surface area contributed by atoms with Crippen LogP contribution in [-0.4, -0.2) is 35.0 Å². The smallest absolute Gasteiger partial charge is 0.351 e. The molecule has 0 saturated carbocycles. The van der Waals surface area contributed by atoms with Crippen molar-refractivity contribution in [2.75, 3.05) is 13.1 Å². The highest BCUT2D eigenvalue weighted by atomic mass is 19.4. The molecule has 0 saturated heterocycles. The molecule has 0 unspecified atom stereocenters. The number of carbonyl (C=O) groups is 1. The first-order valence-electron chi connectivity index (χ1n) is 5.74. The monoisotopic (exact) mass is 278 g/mol. The molecule has 19 heavy (non-hydrogen) atoms. The van der Waals surface area contributed by atoms with Crippen LogP contribution in [-0.2, 0) is 18.4 Å². The van der Waals surface area contributed by atoms with Gasteiger partial charge in [0.25, 0.3) is 0 Å². The van der Waals surface area contributed by atoms with E-state index in [1.807, 2.05) is 19.2 Å². The third-order valence-electron chi connectivity index (χ3n) is 2.73. The van der Waals surface area contributed by atoms with E-state index in [-0.39, 0.29) is 13.1 Å². The zero-order valence-corrected chi connectivity index (χ0v) is 11.1. The van der Waals surface area contributed by atoms with E-state index in [0.29, 0.717) is 0 Å². The minimum absolute atomic E-state index is 0.262. The number of halogens is 3. The second-order valence-corrected chi connectivity index (χ2v) is 4.27. The molecule has 0 aliphatic carbocycles. The Hall–Kier alpha value is -1.57. The van der Waals surface area contributed by atoms with Crippen LogP contribution in [0.4, 0.5) is 13.2 Å². The molecule has 8 heteroatoms. The van der Waals surface area contributed by atoms with Crippen molar-refractivity contribution < 1.29 is 18.0 Å². The quantitative estimate of drug-likeness (QED) is 0.838. The number of carbonyl (C=O) groups excluding carboxylic acids is 1. The number of hydrogen-bond acceptors (Lipinski definition) is 3. The number of aromatic nitrogens is 2. The fourth-order valence-electron chi connectivity index (χ4n) is 1.64. The van der Waals surface area contributed by atoms with E-state index < -0.39 is 18.6 Å². The standard InChI is InChI=1S/C11H17F3N4O/c1-7-9(8(2)18(3)17-7)4-16-10(19)5-15-6-11(12,13)14/h15H,4-6H2,1-3H3,(H,16,19). The molecule has 5 nitrogen and oxygen atoms in total. The van der Waals surface area contributed by atoms with Crippen molar-refractivity contribution in [1.29, 1.82) is 0 Å². The molecule has 0 fully saturated rings. The summed E-state index contributed by atoms with van der Waals surface area (Å²) in [6, 6.07) is 0. The van der Waals surface area contributed by atoms with E-state index in [4.69, 9.17) is 0 Å². The zero-order valence-electron chi connectivity index (χ0n) is 11.1. The second-order valence-electron chi connectivity index (χ2n) is 4.27. The SMILES string of the molecule is Cc1nn(C)c(C)c1CNC(=O)CNCC(F)(F)F. The van der Waals surface area contributed by atoms with Gasteiger partial charge in [0.2, 0.25) is 5.91 Å². The van der Waals surface area contributed by atoms with Crippen molar-refractivity contribution in [2.45, 2.75) is 26.6 Å². The molecule has 0 radical (unpaired) electrons. The fourth-order valence-corrected chi connectivity index (χ4v) is 1.64. The molecule has 0 aliphatic rings. The van der Waals surface area contributed by atoms with Crippen LogP contribution in [0.15, 0.2) is 0 Å². The van der Waals surface area contributed by atoms with Gasteiger partial charge < -0.3 is 10.6 Å². The van der Waals surface area contributed by atoms with E-state index in [9.17, 15) is 18.0 Å². The number of rotatable bonds is 5. The van der Waals surface area contributed by atoms with E-state index >= 15 is 0 Å². The van der Waals surface area contributed by atoms with Gasteiger partial charge in [-0.15, -0.1) is 0 Å². The Bertz CT molecular complexity index is 454. The number of nitrogens with zero attached hydrogens (tertiary/aromatic N) is 2. The van der Waals surface area contributed by atoms with Gasteiger partial charge in [-0.1, -0.05) is 0 Å². The van der Waals surface area contributed by atoms with Gasteiger partial charge in [0, 0.05) is 24.8 Å². The maximum atomic E-state index is 11.9. The first-order chi connectivity index (χ1) is 8.70. The predicted octanol–water partition coefficient (Wildman–Crippen LogP) is 0.805. The van der Waals surface area contributed by atoms with Gasteiger partial charge >= 0.3 is 6.18 Å². The van der Waals surface area contributed by atoms with Crippen molar-refractivity contribution in [1.82, 2.24) is 20.4 Å². The van der Waals surface area contributed by atoms with E-state index in [1.54, 1.807) is 11.7 Å². The summed E-state index contributed by atoms with van der Waals surface area (Å²) in [5, 5.41) is 8.78. The van der Waals surface area contributed by atoms with Crippen LogP contribution in [0.1, 0.15) is 17.0 Å². The highest BCUT2D eigenvalue weighted by molar-refractivity contribution is 5.78. The Kier molecular flexibility index (Phi) is 4.93. The normalized spacial score (nSPS) is 11.7. The Balaban J connectivity index is 2.38. The Morgan fingerprint density at radius 2 is 2.00 bits per heavy atom. The summed E-state index contributed by atoms with van der Waals surface area (Å²) in [6.45, 7) is 2.40. The maximum Gasteiger partial charge on any atom is 0.401 e. The van der Waals surface area contributed by atoms with Crippen LogP contribution in [0.25, 0.3) is 0 Å². The third kappa shape index (κ3) is 4.90. The highest BCUT2D eigenvalue weighted by Gasteiger charge is 2.26. The molecule has 2 N–H and O–H groups in total. The molecule has 1 amide bonds. The lowest BCUT2D eigenvalue weighted by Gasteiger charge is -2.09. The number of hydrogen-bond donors (Lipinski definition) is 2. The Morgan fingerprint density at radius 3 is 2.47 bits per heavy atom. The van der Waals surface area contributed by atoms with Crippen LogP contribution in [0.3, 0.4) is 0 Å². The topological polar surface area (TPSA) is 59.0 Å². The van der Waals surface area contributed by atoms with Crippen molar-refractivity contribution in [3.8, 4) is 0 Å². The fraction of sp³-hybridized carbons (Fsp3) is 0.636. The molecule has 1 aromatic rings. The van der Waals surface area contributed by atoms with Gasteiger partial charge in [-0.3, -0.25) is 9.48 Å². The summed E-state index contributed by atoms with van der Waals surface area (Å²) >= 11 is 0. The number of amides is 1. The molecule has 0 spiro atoms. The van der Waals surface area contributed by atoms with Gasteiger partial charge in [0.1, 0.15) is 0 Å². The zero-order chi connectivity index (χ0) is 14.6. The van der Waals surface area contributed by atoms with Crippen molar-refractivity contribution >= 4 is 5.91 Å². The average Bonchev–Trinajstić information content (AvgIpc) is 2.49. The van der Waals surface area contributed by atoms with Crippen LogP contribution >= 0.6 is 0 Å². The van der Waals surface area contributed by atoms with Gasteiger partial charge in [0.15, 0.2) is 0 Å². The first kappa shape index (κ1) is 15.5. The third-order valence-corrected chi connectivity index (χ3v) is 2.73. The molecule has 108 valence electrons. The van der Waals surface area contributed by atoms with E-state index in [1.165, 1.54) is 0 Å². The Morgan fingerprint density at radius 1 is 1.37 bits per heavy atom. The molecule has 0 atom stereocenters. The number of alkyl halides is 3. The van der Waals surface area contributed by atoms with Crippen LogP contribution in [0.5, 0.6) is 0 Å². The summed E-state index contributed by atoms with van der Waals surface area (Å²) in [7, 11) is 1.79. The number of aryl methyl sites for hydroxylation is 2. The highest BCUT2D eigenvalue weighted by Crippen LogP contribution is 2.12. The molecule has 1 rings (SSSR count). The molecule has 0 aromatic carbocycles. The summed E-state index contributed by atoms with van der Waals surface area (Å²) in [5.74, 6) is -0.480. The lowest BCUT2D eigenvalue weighted by molar-refractivity contribution is -0.128. The lowest BCUT2D eigenvalue weighted by atomic mass is 10.2. The molecule has 0 aliphatic heterocycles. The molecular formula is C11H17F3N4O. The van der Waals surface area contributed by atoms with Crippen molar-refractivity contribution in [3.63, 3.8) is 0 Å². The van der Waals surface area contributed by atoms with E-state index in [2.05, 4.69) is 10.4 Å². The summed E-state index contributed by atoms with van der Waals surface area (Å²) < 4.78 is 37.3. The van der Waals surface area contributed by atoms with Crippen LogP contribution in [0.2, 0.25) is 0 Å². The molecule has 1 aromatic heterocycles.